The summed E-state index contributed by atoms with van der Waals surface area (Å²) in [5.74, 6) is 1.62. The van der Waals surface area contributed by atoms with Gasteiger partial charge in [0.25, 0.3) is 0 Å². The minimum absolute atomic E-state index is 0.736. The Hall–Kier alpha value is -1.37. The summed E-state index contributed by atoms with van der Waals surface area (Å²) in [5.41, 5.74) is 2.43. The van der Waals surface area contributed by atoms with E-state index in [2.05, 4.69) is 43.3 Å². The fraction of sp³-hybridized carbons (Fsp3) is 0.357. The molecule has 0 aliphatic heterocycles. The summed E-state index contributed by atoms with van der Waals surface area (Å²) in [4.78, 5) is 4.74. The molecule has 0 spiro atoms. The number of hydrogen-bond acceptors (Lipinski definition) is 1. The van der Waals surface area contributed by atoms with Gasteiger partial charge >= 0.3 is 0 Å². The highest BCUT2D eigenvalue weighted by Gasteiger charge is 2.37. The monoisotopic (exact) mass is 197 g/mol. The van der Waals surface area contributed by atoms with E-state index in [-0.39, 0.29) is 0 Å². The van der Waals surface area contributed by atoms with Crippen molar-refractivity contribution in [1.82, 2.24) is 4.98 Å². The van der Waals surface area contributed by atoms with Gasteiger partial charge in [0.2, 0.25) is 0 Å². The summed E-state index contributed by atoms with van der Waals surface area (Å²) >= 11 is 0. The molecule has 1 fully saturated rings. The molecular weight excluding hydrogens is 182 g/mol. The van der Waals surface area contributed by atoms with E-state index in [1.807, 2.05) is 0 Å². The lowest BCUT2D eigenvalue weighted by Gasteiger charge is -2.01. The Morgan fingerprint density at radius 1 is 1.20 bits per heavy atom. The summed E-state index contributed by atoms with van der Waals surface area (Å²) in [5, 5.41) is 1.25. The Kier molecular flexibility index (Phi) is 1.98. The molecule has 0 amide bonds. The van der Waals surface area contributed by atoms with E-state index in [1.165, 1.54) is 23.9 Å². The molecule has 76 valence electrons. The molecule has 0 N–H and O–H groups in total. The van der Waals surface area contributed by atoms with E-state index in [4.69, 9.17) is 4.98 Å². The van der Waals surface area contributed by atoms with E-state index in [0.29, 0.717) is 0 Å². The first-order chi connectivity index (χ1) is 7.38. The maximum Gasteiger partial charge on any atom is 0.0705 e. The van der Waals surface area contributed by atoms with Crippen LogP contribution in [0.1, 0.15) is 31.4 Å². The van der Waals surface area contributed by atoms with Gasteiger partial charge in [-0.25, -0.2) is 0 Å². The predicted octanol–water partition coefficient (Wildman–Crippen LogP) is 3.75. The number of fused-ring (bicyclic) bond motifs is 1. The van der Waals surface area contributed by atoms with Gasteiger partial charge in [0.15, 0.2) is 0 Å². The van der Waals surface area contributed by atoms with Crippen molar-refractivity contribution in [3.05, 3.63) is 42.1 Å². The van der Waals surface area contributed by atoms with Crippen LogP contribution in [0.25, 0.3) is 10.9 Å². The van der Waals surface area contributed by atoms with Crippen LogP contribution < -0.4 is 0 Å². The normalized spacial score (nSPS) is 24.3. The van der Waals surface area contributed by atoms with Gasteiger partial charge in [0.05, 0.1) is 5.52 Å². The quantitative estimate of drug-likeness (QED) is 0.714. The van der Waals surface area contributed by atoms with E-state index >= 15 is 0 Å². The molecule has 0 saturated heterocycles. The lowest BCUT2D eigenvalue weighted by molar-refractivity contribution is 0.758. The molecule has 1 aromatic heterocycles. The van der Waals surface area contributed by atoms with Crippen LogP contribution in [0.4, 0.5) is 0 Å². The first-order valence-corrected chi connectivity index (χ1v) is 5.74. The fourth-order valence-electron chi connectivity index (χ4n) is 2.35. The molecule has 15 heavy (non-hydrogen) atoms. The van der Waals surface area contributed by atoms with E-state index < -0.39 is 0 Å². The van der Waals surface area contributed by atoms with Crippen LogP contribution >= 0.6 is 0 Å². The van der Waals surface area contributed by atoms with Gasteiger partial charge < -0.3 is 0 Å². The van der Waals surface area contributed by atoms with E-state index in [9.17, 15) is 0 Å². The van der Waals surface area contributed by atoms with Crippen molar-refractivity contribution < 1.29 is 0 Å². The third-order valence-electron chi connectivity index (χ3n) is 3.45. The molecule has 0 unspecified atom stereocenters. The van der Waals surface area contributed by atoms with Gasteiger partial charge in [-0.3, -0.25) is 4.98 Å². The van der Waals surface area contributed by atoms with Crippen LogP contribution in [0.5, 0.6) is 0 Å². The Bertz CT molecular complexity index is 489. The van der Waals surface area contributed by atoms with Crippen molar-refractivity contribution in [2.75, 3.05) is 0 Å². The van der Waals surface area contributed by atoms with Crippen LogP contribution in [0.3, 0.4) is 0 Å². The number of nitrogens with zero attached hydrogens (tertiary/aromatic N) is 1. The van der Waals surface area contributed by atoms with Crippen LogP contribution in [0, 0.1) is 5.92 Å². The van der Waals surface area contributed by atoms with Crippen LogP contribution in [-0.4, -0.2) is 4.98 Å². The molecule has 2 atom stereocenters. The maximum absolute atomic E-state index is 4.74. The van der Waals surface area contributed by atoms with Crippen molar-refractivity contribution in [3.63, 3.8) is 0 Å². The Morgan fingerprint density at radius 3 is 2.87 bits per heavy atom. The average Bonchev–Trinajstić information content (AvgIpc) is 3.08. The first kappa shape index (κ1) is 8.90. The van der Waals surface area contributed by atoms with Crippen molar-refractivity contribution in [2.24, 2.45) is 5.92 Å². The van der Waals surface area contributed by atoms with E-state index in [0.717, 1.165) is 17.4 Å². The molecule has 1 saturated carbocycles. The first-order valence-electron chi connectivity index (χ1n) is 5.74. The maximum atomic E-state index is 4.74. The fourth-order valence-corrected chi connectivity index (χ4v) is 2.35. The molecule has 2 aromatic rings. The lowest BCUT2D eigenvalue weighted by Crippen LogP contribution is -1.88. The van der Waals surface area contributed by atoms with Gasteiger partial charge in [-0.15, -0.1) is 0 Å². The number of hydrogen-bond donors (Lipinski definition) is 0. The largest absolute Gasteiger partial charge is 0.253 e. The van der Waals surface area contributed by atoms with Gasteiger partial charge in [-0.1, -0.05) is 37.6 Å². The Labute approximate surface area is 90.2 Å². The molecule has 0 radical (unpaired) electrons. The second kappa shape index (κ2) is 3.34. The Morgan fingerprint density at radius 2 is 2.07 bits per heavy atom. The number of rotatable bonds is 2. The number of aromatic nitrogens is 1. The van der Waals surface area contributed by atoms with Gasteiger partial charge in [0.1, 0.15) is 0 Å². The van der Waals surface area contributed by atoms with Gasteiger partial charge in [-0.05, 0) is 24.5 Å². The molecule has 1 heteroatoms. The molecular formula is C14H15N. The third kappa shape index (κ3) is 1.52. The topological polar surface area (TPSA) is 12.9 Å². The zero-order valence-electron chi connectivity index (χ0n) is 8.98. The van der Waals surface area contributed by atoms with Crippen LogP contribution in [0.2, 0.25) is 0 Å². The van der Waals surface area contributed by atoms with Crippen molar-refractivity contribution in [2.45, 2.75) is 25.7 Å². The standard InChI is InChI=1S/C14H15N/c1-2-10-9-12(10)14-8-7-11-5-3-4-6-13(11)15-14/h3-8,10,12H,2,9H2,1H3/t10-,12-/m0/s1. The summed E-state index contributed by atoms with van der Waals surface area (Å²) < 4.78 is 0. The van der Waals surface area contributed by atoms with Crippen LogP contribution in [0.15, 0.2) is 36.4 Å². The number of para-hydroxylation sites is 1. The second-order valence-electron chi connectivity index (χ2n) is 4.44. The highest BCUT2D eigenvalue weighted by atomic mass is 14.7. The van der Waals surface area contributed by atoms with Crippen molar-refractivity contribution in [3.8, 4) is 0 Å². The third-order valence-corrected chi connectivity index (χ3v) is 3.45. The number of pyridine rings is 1. The van der Waals surface area contributed by atoms with Gasteiger partial charge in [0, 0.05) is 17.0 Å². The zero-order valence-corrected chi connectivity index (χ0v) is 8.98. The van der Waals surface area contributed by atoms with Crippen molar-refractivity contribution >= 4 is 10.9 Å². The number of benzene rings is 1. The van der Waals surface area contributed by atoms with E-state index in [1.54, 1.807) is 0 Å². The summed E-state index contributed by atoms with van der Waals surface area (Å²) in [7, 11) is 0. The Balaban J connectivity index is 2.00. The molecule has 1 aliphatic carbocycles. The highest BCUT2D eigenvalue weighted by molar-refractivity contribution is 5.78. The second-order valence-corrected chi connectivity index (χ2v) is 4.44. The zero-order chi connectivity index (χ0) is 10.3. The molecule has 1 aromatic carbocycles. The van der Waals surface area contributed by atoms with Crippen molar-refractivity contribution in [1.29, 1.82) is 0 Å². The SMILES string of the molecule is CC[C@H]1C[C@@H]1c1ccc2ccccc2n1. The summed E-state index contributed by atoms with van der Waals surface area (Å²) in [6, 6.07) is 12.7. The molecule has 0 bridgehead atoms. The molecule has 3 rings (SSSR count). The highest BCUT2D eigenvalue weighted by Crippen LogP contribution is 2.48. The molecule has 1 aliphatic rings. The minimum Gasteiger partial charge on any atom is -0.253 e. The van der Waals surface area contributed by atoms with Gasteiger partial charge in [-0.2, -0.15) is 0 Å². The summed E-state index contributed by atoms with van der Waals surface area (Å²) in [6.45, 7) is 2.27. The smallest absolute Gasteiger partial charge is 0.0705 e. The predicted molar refractivity (Wildman–Crippen MR) is 62.9 cm³/mol. The van der Waals surface area contributed by atoms with Crippen LogP contribution in [-0.2, 0) is 0 Å². The summed E-state index contributed by atoms with van der Waals surface area (Å²) in [6.07, 6.45) is 2.63. The average molecular weight is 197 g/mol. The molecule has 1 nitrogen and oxygen atoms in total. The molecule has 1 heterocycles. The lowest BCUT2D eigenvalue weighted by atomic mass is 10.1. The minimum atomic E-state index is 0.736.